The van der Waals surface area contributed by atoms with Crippen LogP contribution < -0.4 is 5.32 Å². The number of amides is 1. The number of rotatable bonds is 7. The molecule has 1 saturated carbocycles. The molecular weight excluding hydrogens is 358 g/mol. The van der Waals surface area contributed by atoms with Gasteiger partial charge in [0.1, 0.15) is 5.75 Å². The first-order valence-electron chi connectivity index (χ1n) is 11.0. The molecule has 1 fully saturated rings. The Morgan fingerprint density at radius 3 is 2.45 bits per heavy atom. The van der Waals surface area contributed by atoms with E-state index in [2.05, 4.69) is 50.4 Å². The molecule has 1 aliphatic carbocycles. The van der Waals surface area contributed by atoms with Crippen molar-refractivity contribution in [3.8, 4) is 5.75 Å². The van der Waals surface area contributed by atoms with Gasteiger partial charge in [-0.25, -0.2) is 0 Å². The molecule has 3 rings (SSSR count). The number of aryl methyl sites for hydroxylation is 1. The molecule has 29 heavy (non-hydrogen) atoms. The molecule has 0 aliphatic heterocycles. The zero-order valence-corrected chi connectivity index (χ0v) is 18.0. The maximum atomic E-state index is 13.3. The fourth-order valence-corrected chi connectivity index (χ4v) is 5.00. The Morgan fingerprint density at radius 2 is 1.79 bits per heavy atom. The van der Waals surface area contributed by atoms with Crippen molar-refractivity contribution in [3.63, 3.8) is 0 Å². The number of aromatic hydroxyl groups is 1. The van der Waals surface area contributed by atoms with Gasteiger partial charge in [0.25, 0.3) is 0 Å². The molecule has 0 bridgehead atoms. The van der Waals surface area contributed by atoms with E-state index in [1.54, 1.807) is 12.1 Å². The first kappa shape index (κ1) is 21.4. The van der Waals surface area contributed by atoms with Crippen LogP contribution in [0, 0.1) is 17.3 Å². The molecule has 1 amide bonds. The summed E-state index contributed by atoms with van der Waals surface area (Å²) in [5, 5.41) is 12.9. The number of hydrogen-bond donors (Lipinski definition) is 2. The van der Waals surface area contributed by atoms with Crippen molar-refractivity contribution < 1.29 is 9.90 Å². The number of nitrogens with one attached hydrogen (secondary N) is 1. The third-order valence-corrected chi connectivity index (χ3v) is 6.56. The molecule has 0 saturated heterocycles. The summed E-state index contributed by atoms with van der Waals surface area (Å²) in [5.74, 6) is 1.00. The number of benzene rings is 2. The quantitative estimate of drug-likeness (QED) is 0.651. The molecule has 2 aromatic rings. The van der Waals surface area contributed by atoms with Gasteiger partial charge >= 0.3 is 0 Å². The zero-order valence-electron chi connectivity index (χ0n) is 18.0. The summed E-state index contributed by atoms with van der Waals surface area (Å²) in [6.07, 6.45) is 6.07. The lowest BCUT2D eigenvalue weighted by atomic mass is 9.63. The summed E-state index contributed by atoms with van der Waals surface area (Å²) in [7, 11) is 0. The molecule has 2 N–H and O–H groups in total. The highest BCUT2D eigenvalue weighted by Gasteiger charge is 2.41. The van der Waals surface area contributed by atoms with E-state index in [-0.39, 0.29) is 29.0 Å². The third kappa shape index (κ3) is 5.85. The van der Waals surface area contributed by atoms with Gasteiger partial charge in [-0.2, -0.15) is 0 Å². The van der Waals surface area contributed by atoms with Crippen LogP contribution in [0.2, 0.25) is 0 Å². The number of phenols is 1. The maximum Gasteiger partial charge on any atom is 0.224 e. The highest BCUT2D eigenvalue weighted by molar-refractivity contribution is 5.80. The summed E-state index contributed by atoms with van der Waals surface area (Å²) in [5.41, 5.74) is 2.48. The normalized spacial score (nSPS) is 22.0. The number of carbonyl (C=O) groups excluding carboxylic acids is 1. The van der Waals surface area contributed by atoms with E-state index in [0.29, 0.717) is 5.92 Å². The molecular formula is C26H35NO2. The Labute approximate surface area is 175 Å². The Kier molecular flexibility index (Phi) is 7.00. The van der Waals surface area contributed by atoms with Crippen molar-refractivity contribution in [1.82, 2.24) is 5.32 Å². The van der Waals surface area contributed by atoms with Gasteiger partial charge in [0.15, 0.2) is 0 Å². The average Bonchev–Trinajstić information content (AvgIpc) is 2.67. The van der Waals surface area contributed by atoms with Crippen molar-refractivity contribution in [2.75, 3.05) is 0 Å². The third-order valence-electron chi connectivity index (χ3n) is 6.56. The molecule has 0 heterocycles. The van der Waals surface area contributed by atoms with Crippen molar-refractivity contribution in [1.29, 1.82) is 0 Å². The Balaban J connectivity index is 1.71. The summed E-state index contributed by atoms with van der Waals surface area (Å²) in [6.45, 7) is 6.72. The van der Waals surface area contributed by atoms with Crippen LogP contribution in [0.5, 0.6) is 5.75 Å². The summed E-state index contributed by atoms with van der Waals surface area (Å²) in [4.78, 5) is 13.3. The van der Waals surface area contributed by atoms with Gasteiger partial charge in [0, 0.05) is 12.0 Å². The van der Waals surface area contributed by atoms with Crippen LogP contribution in [0.4, 0.5) is 0 Å². The van der Waals surface area contributed by atoms with Crippen LogP contribution in [-0.2, 0) is 17.6 Å². The van der Waals surface area contributed by atoms with Crippen LogP contribution in [0.1, 0.15) is 57.6 Å². The largest absolute Gasteiger partial charge is 0.508 e. The Hall–Kier alpha value is -2.29. The van der Waals surface area contributed by atoms with Crippen molar-refractivity contribution in [2.45, 2.75) is 65.3 Å². The highest BCUT2D eigenvalue weighted by Crippen LogP contribution is 2.44. The standard InChI is InChI=1S/C26H35NO2/c1-19-8-7-17-26(2,3)24(19)25(29)27-22(18-21-9-5-4-6-10-21)14-11-20-12-15-23(28)16-13-20/h4-6,9-10,12-13,15-16,19,22,24,28H,7-8,11,14,17-18H2,1-3H3,(H,27,29)/t19-,22?,24-/m0/s1. The van der Waals surface area contributed by atoms with E-state index in [4.69, 9.17) is 0 Å². The van der Waals surface area contributed by atoms with Crippen LogP contribution >= 0.6 is 0 Å². The second-order valence-electron chi connectivity index (χ2n) is 9.44. The lowest BCUT2D eigenvalue weighted by Gasteiger charge is -2.42. The minimum atomic E-state index is 0.0516. The number of carbonyl (C=O) groups is 1. The van der Waals surface area contributed by atoms with Crippen LogP contribution in [0.3, 0.4) is 0 Å². The molecule has 1 unspecified atom stereocenters. The van der Waals surface area contributed by atoms with Crippen molar-refractivity contribution in [3.05, 3.63) is 65.7 Å². The molecule has 0 spiro atoms. The smallest absolute Gasteiger partial charge is 0.224 e. The molecule has 1 aliphatic rings. The van der Waals surface area contributed by atoms with E-state index in [0.717, 1.165) is 32.1 Å². The van der Waals surface area contributed by atoms with E-state index in [1.807, 2.05) is 18.2 Å². The molecule has 3 heteroatoms. The maximum absolute atomic E-state index is 13.3. The Morgan fingerprint density at radius 1 is 1.10 bits per heavy atom. The SMILES string of the molecule is C[C@H]1CCCC(C)(C)[C@@H]1C(=O)NC(CCc1ccc(O)cc1)Cc1ccccc1. The monoisotopic (exact) mass is 393 g/mol. The molecule has 2 aromatic carbocycles. The van der Waals surface area contributed by atoms with Crippen molar-refractivity contribution in [2.24, 2.45) is 17.3 Å². The van der Waals surface area contributed by atoms with Gasteiger partial charge in [-0.1, -0.05) is 69.7 Å². The minimum absolute atomic E-state index is 0.0516. The Bertz CT molecular complexity index is 782. The topological polar surface area (TPSA) is 49.3 Å². The van der Waals surface area contributed by atoms with Crippen LogP contribution in [-0.4, -0.2) is 17.1 Å². The van der Waals surface area contributed by atoms with E-state index >= 15 is 0 Å². The van der Waals surface area contributed by atoms with Gasteiger partial charge in [-0.15, -0.1) is 0 Å². The first-order valence-corrected chi connectivity index (χ1v) is 11.0. The minimum Gasteiger partial charge on any atom is -0.508 e. The van der Waals surface area contributed by atoms with Gasteiger partial charge in [-0.05, 0) is 66.7 Å². The predicted octanol–water partition coefficient (Wildman–Crippen LogP) is 5.51. The predicted molar refractivity (Wildman–Crippen MR) is 119 cm³/mol. The number of phenolic OH excluding ortho intramolecular Hbond substituents is 1. The summed E-state index contributed by atoms with van der Waals surface area (Å²) >= 11 is 0. The van der Waals surface area contributed by atoms with E-state index in [9.17, 15) is 9.90 Å². The summed E-state index contributed by atoms with van der Waals surface area (Å²) in [6, 6.07) is 17.9. The second kappa shape index (κ2) is 9.47. The fourth-order valence-electron chi connectivity index (χ4n) is 5.00. The van der Waals surface area contributed by atoms with Gasteiger partial charge < -0.3 is 10.4 Å². The average molecular weight is 394 g/mol. The lowest BCUT2D eigenvalue weighted by Crippen LogP contribution is -2.48. The van der Waals surface area contributed by atoms with E-state index in [1.165, 1.54) is 17.5 Å². The number of hydrogen-bond acceptors (Lipinski definition) is 2. The van der Waals surface area contributed by atoms with Gasteiger partial charge in [0.2, 0.25) is 5.91 Å². The van der Waals surface area contributed by atoms with Gasteiger partial charge in [0.05, 0.1) is 0 Å². The van der Waals surface area contributed by atoms with Crippen LogP contribution in [0.25, 0.3) is 0 Å². The van der Waals surface area contributed by atoms with Gasteiger partial charge in [-0.3, -0.25) is 4.79 Å². The summed E-state index contributed by atoms with van der Waals surface area (Å²) < 4.78 is 0. The van der Waals surface area contributed by atoms with E-state index < -0.39 is 0 Å². The van der Waals surface area contributed by atoms with Crippen molar-refractivity contribution >= 4 is 5.91 Å². The van der Waals surface area contributed by atoms with Crippen LogP contribution in [0.15, 0.2) is 54.6 Å². The second-order valence-corrected chi connectivity index (χ2v) is 9.44. The zero-order chi connectivity index (χ0) is 20.9. The fraction of sp³-hybridized carbons (Fsp3) is 0.500. The molecule has 156 valence electrons. The molecule has 3 atom stereocenters. The molecule has 3 nitrogen and oxygen atoms in total. The molecule has 0 radical (unpaired) electrons. The first-order chi connectivity index (χ1) is 13.8. The molecule has 0 aromatic heterocycles. The lowest BCUT2D eigenvalue weighted by molar-refractivity contribution is -0.133. The highest BCUT2D eigenvalue weighted by atomic mass is 16.3.